The van der Waals surface area contributed by atoms with E-state index in [0.29, 0.717) is 23.5 Å². The summed E-state index contributed by atoms with van der Waals surface area (Å²) in [5.74, 6) is -0.474. The van der Waals surface area contributed by atoms with Crippen molar-refractivity contribution in [3.8, 4) is 5.69 Å². The largest absolute Gasteiger partial charge is 0.350 e. The van der Waals surface area contributed by atoms with Crippen molar-refractivity contribution in [1.29, 1.82) is 0 Å². The van der Waals surface area contributed by atoms with Crippen LogP contribution in [0, 0.1) is 12.7 Å². The number of benzene rings is 1. The van der Waals surface area contributed by atoms with E-state index in [2.05, 4.69) is 26.8 Å². The number of carbonyl (C=O) groups excluding carboxylic acids is 1. The zero-order valence-corrected chi connectivity index (χ0v) is 15.8. The molecule has 0 aliphatic heterocycles. The van der Waals surface area contributed by atoms with E-state index in [1.807, 2.05) is 26.4 Å². The van der Waals surface area contributed by atoms with Crippen molar-refractivity contribution in [3.63, 3.8) is 0 Å². The van der Waals surface area contributed by atoms with Gasteiger partial charge in [-0.05, 0) is 67.7 Å². The Hall–Kier alpha value is -2.51. The van der Waals surface area contributed by atoms with Gasteiger partial charge in [-0.3, -0.25) is 4.79 Å². The van der Waals surface area contributed by atoms with Gasteiger partial charge in [-0.2, -0.15) is 16.4 Å². The number of amides is 1. The average Bonchev–Trinajstić information content (AvgIpc) is 3.25. The van der Waals surface area contributed by atoms with Crippen molar-refractivity contribution in [2.75, 3.05) is 20.6 Å². The molecular weight excluding hydrogens is 351 g/mol. The Bertz CT molecular complexity index is 872. The van der Waals surface area contributed by atoms with Crippen LogP contribution < -0.4 is 5.32 Å². The monoisotopic (exact) mass is 372 g/mol. The first-order valence-corrected chi connectivity index (χ1v) is 9.19. The van der Waals surface area contributed by atoms with Crippen LogP contribution in [0.3, 0.4) is 0 Å². The minimum Gasteiger partial charge on any atom is -0.350 e. The summed E-state index contributed by atoms with van der Waals surface area (Å²) in [5.41, 5.74) is 3.12. The van der Waals surface area contributed by atoms with Crippen LogP contribution in [-0.4, -0.2) is 41.2 Å². The molecule has 0 aliphatic rings. The second-order valence-electron chi connectivity index (χ2n) is 6.28. The molecule has 0 saturated heterocycles. The maximum Gasteiger partial charge on any atom is 0.254 e. The predicted molar refractivity (Wildman–Crippen MR) is 101 cm³/mol. The highest BCUT2D eigenvalue weighted by atomic mass is 32.1. The van der Waals surface area contributed by atoms with Gasteiger partial charge in [0.2, 0.25) is 0 Å². The summed E-state index contributed by atoms with van der Waals surface area (Å²) < 4.78 is 14.7. The first kappa shape index (κ1) is 18.3. The molecule has 2 heterocycles. The fourth-order valence-electron chi connectivity index (χ4n) is 2.82. The van der Waals surface area contributed by atoms with Crippen molar-refractivity contribution in [3.05, 3.63) is 69.9 Å². The van der Waals surface area contributed by atoms with Gasteiger partial charge in [-0.25, -0.2) is 9.07 Å². The summed E-state index contributed by atoms with van der Waals surface area (Å²) >= 11 is 1.64. The Labute approximate surface area is 156 Å². The minimum atomic E-state index is -0.306. The number of hydrogen-bond donors (Lipinski definition) is 1. The smallest absolute Gasteiger partial charge is 0.254 e. The molecule has 5 nitrogen and oxygen atoms in total. The summed E-state index contributed by atoms with van der Waals surface area (Å²) in [6.07, 6.45) is 1.54. The molecule has 1 atom stereocenters. The van der Waals surface area contributed by atoms with Crippen molar-refractivity contribution in [1.82, 2.24) is 20.0 Å². The zero-order valence-electron chi connectivity index (χ0n) is 14.9. The van der Waals surface area contributed by atoms with E-state index in [4.69, 9.17) is 0 Å². The topological polar surface area (TPSA) is 50.2 Å². The van der Waals surface area contributed by atoms with E-state index in [1.165, 1.54) is 17.7 Å². The van der Waals surface area contributed by atoms with Crippen LogP contribution >= 0.6 is 11.3 Å². The molecule has 26 heavy (non-hydrogen) atoms. The van der Waals surface area contributed by atoms with Gasteiger partial charge in [-0.15, -0.1) is 0 Å². The number of halogens is 1. The van der Waals surface area contributed by atoms with E-state index in [-0.39, 0.29) is 17.8 Å². The second-order valence-corrected chi connectivity index (χ2v) is 7.06. The van der Waals surface area contributed by atoms with E-state index >= 15 is 0 Å². The van der Waals surface area contributed by atoms with Crippen LogP contribution in [0.4, 0.5) is 4.39 Å². The summed E-state index contributed by atoms with van der Waals surface area (Å²) in [4.78, 5) is 14.7. The third-order valence-electron chi connectivity index (χ3n) is 4.33. The van der Waals surface area contributed by atoms with Crippen LogP contribution in [0.1, 0.15) is 27.7 Å². The van der Waals surface area contributed by atoms with Crippen molar-refractivity contribution >= 4 is 17.2 Å². The Morgan fingerprint density at radius 3 is 2.65 bits per heavy atom. The lowest BCUT2D eigenvalue weighted by molar-refractivity contribution is 0.0941. The van der Waals surface area contributed by atoms with E-state index in [9.17, 15) is 9.18 Å². The molecule has 0 saturated carbocycles. The summed E-state index contributed by atoms with van der Waals surface area (Å²) in [5, 5.41) is 11.4. The molecule has 1 N–H and O–H groups in total. The molecule has 0 fully saturated rings. The molecule has 2 aromatic heterocycles. The number of nitrogens with zero attached hydrogens (tertiary/aromatic N) is 3. The number of nitrogens with one attached hydrogen (secondary N) is 1. The van der Waals surface area contributed by atoms with E-state index in [0.717, 1.165) is 0 Å². The van der Waals surface area contributed by atoms with Gasteiger partial charge in [-0.1, -0.05) is 0 Å². The standard InChI is InChI=1S/C19H21FN4OS/c1-13-17(10-22-24(13)16-6-4-15(20)5-7-16)19(25)21-11-18(23(2)3)14-8-9-26-12-14/h4-10,12,18H,11H2,1-3H3,(H,21,25). The van der Waals surface area contributed by atoms with E-state index in [1.54, 1.807) is 34.3 Å². The molecule has 0 radical (unpaired) electrons. The molecular formula is C19H21FN4OS. The Kier molecular flexibility index (Phi) is 5.49. The molecule has 1 amide bonds. The van der Waals surface area contributed by atoms with Crippen LogP contribution in [0.15, 0.2) is 47.3 Å². The number of aromatic nitrogens is 2. The lowest BCUT2D eigenvalue weighted by atomic mass is 10.1. The number of carbonyl (C=O) groups is 1. The number of hydrogen-bond acceptors (Lipinski definition) is 4. The molecule has 0 aliphatic carbocycles. The third-order valence-corrected chi connectivity index (χ3v) is 5.03. The highest BCUT2D eigenvalue weighted by Gasteiger charge is 2.19. The quantitative estimate of drug-likeness (QED) is 0.721. The lowest BCUT2D eigenvalue weighted by Crippen LogP contribution is -2.34. The minimum absolute atomic E-state index is 0.109. The second kappa shape index (κ2) is 7.80. The van der Waals surface area contributed by atoms with Crippen LogP contribution in [0.2, 0.25) is 0 Å². The average molecular weight is 372 g/mol. The van der Waals surface area contributed by atoms with Crippen LogP contribution in [0.25, 0.3) is 5.69 Å². The molecule has 0 bridgehead atoms. The summed E-state index contributed by atoms with van der Waals surface area (Å²) in [6.45, 7) is 2.33. The van der Waals surface area contributed by atoms with Crippen LogP contribution in [0.5, 0.6) is 0 Å². The Morgan fingerprint density at radius 1 is 1.31 bits per heavy atom. The SMILES string of the molecule is Cc1c(C(=O)NCC(c2ccsc2)N(C)C)cnn1-c1ccc(F)cc1. The van der Waals surface area contributed by atoms with Gasteiger partial charge < -0.3 is 10.2 Å². The van der Waals surface area contributed by atoms with Gasteiger partial charge in [0.1, 0.15) is 5.82 Å². The van der Waals surface area contributed by atoms with Gasteiger partial charge >= 0.3 is 0 Å². The van der Waals surface area contributed by atoms with Gasteiger partial charge in [0, 0.05) is 6.54 Å². The zero-order chi connectivity index (χ0) is 18.7. The molecule has 3 rings (SSSR count). The molecule has 1 unspecified atom stereocenters. The molecule has 7 heteroatoms. The normalized spacial score (nSPS) is 12.3. The maximum absolute atomic E-state index is 13.1. The molecule has 136 valence electrons. The molecule has 0 spiro atoms. The summed E-state index contributed by atoms with van der Waals surface area (Å²) in [6, 6.07) is 8.19. The molecule has 3 aromatic rings. The van der Waals surface area contributed by atoms with Crippen molar-refractivity contribution in [2.45, 2.75) is 13.0 Å². The lowest BCUT2D eigenvalue weighted by Gasteiger charge is -2.24. The number of thiophene rings is 1. The Morgan fingerprint density at radius 2 is 2.04 bits per heavy atom. The fourth-order valence-corrected chi connectivity index (χ4v) is 3.53. The van der Waals surface area contributed by atoms with E-state index < -0.39 is 0 Å². The highest BCUT2D eigenvalue weighted by molar-refractivity contribution is 7.07. The first-order chi connectivity index (χ1) is 12.5. The fraction of sp³-hybridized carbons (Fsp3) is 0.263. The first-order valence-electron chi connectivity index (χ1n) is 8.24. The van der Waals surface area contributed by atoms with Gasteiger partial charge in [0.25, 0.3) is 5.91 Å². The summed E-state index contributed by atoms with van der Waals surface area (Å²) in [7, 11) is 3.98. The van der Waals surface area contributed by atoms with Gasteiger partial charge in [0.05, 0.1) is 29.2 Å². The van der Waals surface area contributed by atoms with Crippen molar-refractivity contribution < 1.29 is 9.18 Å². The van der Waals surface area contributed by atoms with Crippen LogP contribution in [-0.2, 0) is 0 Å². The number of rotatable bonds is 6. The maximum atomic E-state index is 13.1. The van der Waals surface area contributed by atoms with Crippen molar-refractivity contribution in [2.24, 2.45) is 0 Å². The van der Waals surface area contributed by atoms with Gasteiger partial charge in [0.15, 0.2) is 0 Å². The predicted octanol–water partition coefficient (Wildman–Crippen LogP) is 3.41. The third kappa shape index (κ3) is 3.84. The molecule has 1 aromatic carbocycles. The number of likely N-dealkylation sites (N-methyl/N-ethyl adjacent to an activating group) is 1. The Balaban J connectivity index is 1.73. The highest BCUT2D eigenvalue weighted by Crippen LogP contribution is 2.20.